The first kappa shape index (κ1) is 14.7. The highest BCUT2D eigenvalue weighted by molar-refractivity contribution is 9.10. The Balaban J connectivity index is 2.72. The van der Waals surface area contributed by atoms with Gasteiger partial charge in [-0.2, -0.15) is 0 Å². The van der Waals surface area contributed by atoms with Crippen LogP contribution in [0.5, 0.6) is 0 Å². The van der Waals surface area contributed by atoms with E-state index in [-0.39, 0.29) is 18.5 Å². The van der Waals surface area contributed by atoms with E-state index in [2.05, 4.69) is 21.2 Å². The van der Waals surface area contributed by atoms with Gasteiger partial charge in [-0.3, -0.25) is 9.59 Å². The van der Waals surface area contributed by atoms with Gasteiger partial charge in [0.1, 0.15) is 0 Å². The molecule has 0 radical (unpaired) electrons. The molecule has 1 amide bonds. The Kier molecular flexibility index (Phi) is 5.34. The Labute approximate surface area is 115 Å². The Hall–Kier alpha value is -1.36. The normalized spacial score (nSPS) is 10.3. The summed E-state index contributed by atoms with van der Waals surface area (Å²) in [5, 5.41) is 2.83. The molecule has 0 atom stereocenters. The topological polar surface area (TPSA) is 49.4 Å². The van der Waals surface area contributed by atoms with Crippen LogP contribution < -0.4 is 10.2 Å². The number of rotatable bonds is 5. The number of nitrogens with zero attached hydrogens (tertiary/aromatic N) is 1. The third-order valence-corrected chi connectivity index (χ3v) is 3.07. The fourth-order valence-corrected chi connectivity index (χ4v) is 1.98. The van der Waals surface area contributed by atoms with Crippen LogP contribution in [-0.2, 0) is 4.79 Å². The van der Waals surface area contributed by atoms with Crippen LogP contribution in [0.2, 0.25) is 0 Å². The summed E-state index contributed by atoms with van der Waals surface area (Å²) < 4.78 is 0.728. The Morgan fingerprint density at radius 3 is 2.67 bits per heavy atom. The Bertz CT molecular complexity index is 447. The van der Waals surface area contributed by atoms with Crippen molar-refractivity contribution in [2.45, 2.75) is 19.9 Å². The zero-order chi connectivity index (χ0) is 13.7. The average molecular weight is 313 g/mol. The number of hydrogen-bond acceptors (Lipinski definition) is 3. The van der Waals surface area contributed by atoms with Gasteiger partial charge in [0.05, 0.1) is 6.54 Å². The molecule has 1 aromatic carbocycles. The number of anilines is 1. The van der Waals surface area contributed by atoms with Gasteiger partial charge >= 0.3 is 0 Å². The molecule has 5 heteroatoms. The minimum absolute atomic E-state index is 0.0249. The molecule has 1 rings (SSSR count). The summed E-state index contributed by atoms with van der Waals surface area (Å²) in [4.78, 5) is 24.2. The maximum atomic E-state index is 11.6. The summed E-state index contributed by atoms with van der Waals surface area (Å²) in [6, 6.07) is 5.50. The van der Waals surface area contributed by atoms with E-state index in [4.69, 9.17) is 0 Å². The van der Waals surface area contributed by atoms with Crippen LogP contribution in [0.1, 0.15) is 24.2 Å². The zero-order valence-corrected chi connectivity index (χ0v) is 12.3. The SMILES string of the molecule is CC(C)NC(=O)CN(C)c1ccc(C=O)c(Br)c1. The number of hydrogen-bond donors (Lipinski definition) is 1. The second-order valence-corrected chi connectivity index (χ2v) is 5.26. The van der Waals surface area contributed by atoms with Crippen LogP contribution in [-0.4, -0.2) is 31.8 Å². The van der Waals surface area contributed by atoms with E-state index in [9.17, 15) is 9.59 Å². The van der Waals surface area contributed by atoms with Gasteiger partial charge in [-0.1, -0.05) is 0 Å². The number of aldehydes is 1. The van der Waals surface area contributed by atoms with Crippen molar-refractivity contribution in [2.75, 3.05) is 18.5 Å². The molecule has 1 aromatic rings. The summed E-state index contributed by atoms with van der Waals surface area (Å²) in [5.74, 6) is -0.0249. The quantitative estimate of drug-likeness (QED) is 0.848. The minimum Gasteiger partial charge on any atom is -0.365 e. The molecule has 4 nitrogen and oxygen atoms in total. The fourth-order valence-electron chi connectivity index (χ4n) is 1.52. The Morgan fingerprint density at radius 1 is 1.50 bits per heavy atom. The van der Waals surface area contributed by atoms with E-state index in [1.807, 2.05) is 37.9 Å². The van der Waals surface area contributed by atoms with Crippen LogP contribution in [0, 0.1) is 0 Å². The molecule has 0 aliphatic carbocycles. The molecular weight excluding hydrogens is 296 g/mol. The molecular formula is C13H17BrN2O2. The van der Waals surface area contributed by atoms with E-state index < -0.39 is 0 Å². The summed E-state index contributed by atoms with van der Waals surface area (Å²) in [5.41, 5.74) is 1.48. The number of carbonyl (C=O) groups excluding carboxylic acids is 2. The van der Waals surface area contributed by atoms with Crippen molar-refractivity contribution >= 4 is 33.8 Å². The molecule has 0 bridgehead atoms. The molecule has 98 valence electrons. The second-order valence-electron chi connectivity index (χ2n) is 4.40. The smallest absolute Gasteiger partial charge is 0.239 e. The van der Waals surface area contributed by atoms with Crippen molar-refractivity contribution in [1.29, 1.82) is 0 Å². The van der Waals surface area contributed by atoms with Gasteiger partial charge in [-0.15, -0.1) is 0 Å². The largest absolute Gasteiger partial charge is 0.365 e. The standard InChI is InChI=1S/C13H17BrN2O2/c1-9(2)15-13(18)7-16(3)11-5-4-10(8-17)12(14)6-11/h4-6,8-9H,7H2,1-3H3,(H,15,18). The molecule has 0 saturated heterocycles. The second kappa shape index (κ2) is 6.54. The predicted octanol–water partition coefficient (Wildman–Crippen LogP) is 2.22. The van der Waals surface area contributed by atoms with Crippen molar-refractivity contribution in [3.8, 4) is 0 Å². The van der Waals surface area contributed by atoms with Crippen molar-refractivity contribution in [1.82, 2.24) is 5.32 Å². The third-order valence-electron chi connectivity index (χ3n) is 2.38. The third kappa shape index (κ3) is 4.14. The monoisotopic (exact) mass is 312 g/mol. The average Bonchev–Trinajstić information content (AvgIpc) is 2.27. The van der Waals surface area contributed by atoms with E-state index in [0.29, 0.717) is 5.56 Å². The Morgan fingerprint density at radius 2 is 2.17 bits per heavy atom. The molecule has 18 heavy (non-hydrogen) atoms. The first-order valence-corrected chi connectivity index (χ1v) is 6.48. The van der Waals surface area contributed by atoms with Gasteiger partial charge in [0.15, 0.2) is 6.29 Å². The number of carbonyl (C=O) groups is 2. The number of benzene rings is 1. The fraction of sp³-hybridized carbons (Fsp3) is 0.385. The van der Waals surface area contributed by atoms with Crippen molar-refractivity contribution in [3.05, 3.63) is 28.2 Å². The summed E-state index contributed by atoms with van der Waals surface area (Å²) in [7, 11) is 1.84. The molecule has 0 fully saturated rings. The molecule has 0 saturated carbocycles. The highest BCUT2D eigenvalue weighted by atomic mass is 79.9. The zero-order valence-electron chi connectivity index (χ0n) is 10.7. The molecule has 1 N–H and O–H groups in total. The van der Waals surface area contributed by atoms with Gasteiger partial charge in [-0.05, 0) is 48.0 Å². The first-order valence-electron chi connectivity index (χ1n) is 5.69. The lowest BCUT2D eigenvalue weighted by atomic mass is 10.2. The molecule has 0 aliphatic heterocycles. The number of halogens is 1. The van der Waals surface area contributed by atoms with E-state index in [0.717, 1.165) is 16.4 Å². The van der Waals surface area contributed by atoms with Gasteiger partial charge < -0.3 is 10.2 Å². The van der Waals surface area contributed by atoms with Gasteiger partial charge in [-0.25, -0.2) is 0 Å². The van der Waals surface area contributed by atoms with Crippen molar-refractivity contribution in [3.63, 3.8) is 0 Å². The molecule has 0 unspecified atom stereocenters. The van der Waals surface area contributed by atoms with Crippen molar-refractivity contribution in [2.24, 2.45) is 0 Å². The molecule has 0 heterocycles. The lowest BCUT2D eigenvalue weighted by molar-refractivity contribution is -0.120. The van der Waals surface area contributed by atoms with Gasteiger partial charge in [0.25, 0.3) is 0 Å². The maximum Gasteiger partial charge on any atom is 0.239 e. The number of amides is 1. The van der Waals surface area contributed by atoms with Gasteiger partial charge in [0, 0.05) is 28.8 Å². The maximum absolute atomic E-state index is 11.6. The van der Waals surface area contributed by atoms with E-state index in [1.54, 1.807) is 6.07 Å². The molecule has 0 spiro atoms. The molecule has 0 aromatic heterocycles. The van der Waals surface area contributed by atoms with Crippen LogP contribution in [0.15, 0.2) is 22.7 Å². The molecule has 0 aliphatic rings. The van der Waals surface area contributed by atoms with Gasteiger partial charge in [0.2, 0.25) is 5.91 Å². The number of nitrogens with one attached hydrogen (secondary N) is 1. The van der Waals surface area contributed by atoms with Crippen LogP contribution in [0.3, 0.4) is 0 Å². The predicted molar refractivity (Wildman–Crippen MR) is 76.1 cm³/mol. The summed E-state index contributed by atoms with van der Waals surface area (Å²) >= 11 is 3.32. The first-order chi connectivity index (χ1) is 8.43. The lowest BCUT2D eigenvalue weighted by Gasteiger charge is -2.20. The van der Waals surface area contributed by atoms with Crippen LogP contribution in [0.4, 0.5) is 5.69 Å². The van der Waals surface area contributed by atoms with Crippen LogP contribution in [0.25, 0.3) is 0 Å². The van der Waals surface area contributed by atoms with Crippen LogP contribution >= 0.6 is 15.9 Å². The summed E-state index contributed by atoms with van der Waals surface area (Å²) in [6.07, 6.45) is 0.791. The highest BCUT2D eigenvalue weighted by Crippen LogP contribution is 2.22. The highest BCUT2D eigenvalue weighted by Gasteiger charge is 2.09. The minimum atomic E-state index is -0.0249. The van der Waals surface area contributed by atoms with Crippen molar-refractivity contribution < 1.29 is 9.59 Å². The van der Waals surface area contributed by atoms with E-state index in [1.165, 1.54) is 0 Å². The number of likely N-dealkylation sites (N-methyl/N-ethyl adjacent to an activating group) is 1. The summed E-state index contributed by atoms with van der Waals surface area (Å²) in [6.45, 7) is 4.13. The lowest BCUT2D eigenvalue weighted by Crippen LogP contribution is -2.38. The van der Waals surface area contributed by atoms with E-state index >= 15 is 0 Å².